The van der Waals surface area contributed by atoms with Gasteiger partial charge in [-0.15, -0.1) is 0 Å². The quantitative estimate of drug-likeness (QED) is 0.305. The zero-order valence-corrected chi connectivity index (χ0v) is 11.5. The number of oxime groups is 1. The van der Waals surface area contributed by atoms with Gasteiger partial charge in [0.15, 0.2) is 0 Å². The minimum Gasteiger partial charge on any atom is -0.409 e. The first-order valence-corrected chi connectivity index (χ1v) is 6.04. The molecule has 0 bridgehead atoms. The number of carbonyl (C=O) groups is 1. The van der Waals surface area contributed by atoms with Crippen LogP contribution in [0.4, 0.5) is 13.2 Å². The smallest absolute Gasteiger partial charge is 0.409 e. The number of carbonyl (C=O) groups excluding carboxylic acids is 1. The molecular weight excluding hydrogens is 279 g/mol. The van der Waals surface area contributed by atoms with Crippen LogP contribution in [0.15, 0.2) is 5.16 Å². The van der Waals surface area contributed by atoms with E-state index in [1.165, 1.54) is 4.90 Å². The van der Waals surface area contributed by atoms with Gasteiger partial charge in [-0.2, -0.15) is 13.2 Å². The second kappa shape index (κ2) is 8.62. The summed E-state index contributed by atoms with van der Waals surface area (Å²) in [5.41, 5.74) is 5.29. The largest absolute Gasteiger partial charge is 0.411 e. The van der Waals surface area contributed by atoms with Crippen LogP contribution in [0, 0.1) is 5.92 Å². The van der Waals surface area contributed by atoms with Crippen LogP contribution in [0.1, 0.15) is 20.3 Å². The van der Waals surface area contributed by atoms with Crippen LogP contribution in [0.5, 0.6) is 0 Å². The van der Waals surface area contributed by atoms with Gasteiger partial charge in [-0.25, -0.2) is 0 Å². The number of nitrogens with two attached hydrogens (primary N) is 1. The SMILES string of the molecule is CC(C)CN(CCC(N)=NO)C(=O)COCC(F)(F)F. The van der Waals surface area contributed by atoms with Crippen molar-refractivity contribution in [2.45, 2.75) is 26.4 Å². The molecule has 0 saturated carbocycles. The van der Waals surface area contributed by atoms with Gasteiger partial charge < -0.3 is 20.6 Å². The van der Waals surface area contributed by atoms with Crippen LogP contribution in [0.25, 0.3) is 0 Å². The molecule has 0 aliphatic heterocycles. The van der Waals surface area contributed by atoms with Gasteiger partial charge in [0.25, 0.3) is 0 Å². The average molecular weight is 299 g/mol. The number of amidine groups is 1. The third kappa shape index (κ3) is 9.42. The molecule has 20 heavy (non-hydrogen) atoms. The number of rotatable bonds is 8. The lowest BCUT2D eigenvalue weighted by Gasteiger charge is -2.24. The summed E-state index contributed by atoms with van der Waals surface area (Å²) in [6, 6.07) is 0. The average Bonchev–Trinajstić information content (AvgIpc) is 2.31. The highest BCUT2D eigenvalue weighted by atomic mass is 19.4. The Hall–Kier alpha value is -1.51. The fourth-order valence-corrected chi connectivity index (χ4v) is 1.40. The molecule has 0 aliphatic rings. The van der Waals surface area contributed by atoms with Gasteiger partial charge in [0.1, 0.15) is 19.0 Å². The predicted molar refractivity (Wildman–Crippen MR) is 66.3 cm³/mol. The maximum absolute atomic E-state index is 11.9. The van der Waals surface area contributed by atoms with Crippen molar-refractivity contribution in [1.82, 2.24) is 4.90 Å². The maximum atomic E-state index is 11.9. The van der Waals surface area contributed by atoms with E-state index < -0.39 is 25.3 Å². The number of amides is 1. The van der Waals surface area contributed by atoms with Crippen molar-refractivity contribution in [2.75, 3.05) is 26.3 Å². The molecule has 0 unspecified atom stereocenters. The summed E-state index contributed by atoms with van der Waals surface area (Å²) in [5.74, 6) is -0.481. The highest BCUT2D eigenvalue weighted by Crippen LogP contribution is 2.14. The molecule has 118 valence electrons. The van der Waals surface area contributed by atoms with E-state index in [1.54, 1.807) is 0 Å². The second-order valence-corrected chi connectivity index (χ2v) is 4.68. The van der Waals surface area contributed by atoms with Crippen molar-refractivity contribution in [3.8, 4) is 0 Å². The number of halogens is 3. The Bertz CT molecular complexity index is 333. The Labute approximate surface area is 115 Å². The summed E-state index contributed by atoms with van der Waals surface area (Å²) >= 11 is 0. The molecule has 6 nitrogen and oxygen atoms in total. The highest BCUT2D eigenvalue weighted by Gasteiger charge is 2.28. The van der Waals surface area contributed by atoms with E-state index in [2.05, 4.69) is 9.89 Å². The van der Waals surface area contributed by atoms with Crippen LogP contribution >= 0.6 is 0 Å². The molecular formula is C11H20F3N3O3. The van der Waals surface area contributed by atoms with Crippen LogP contribution in [0.3, 0.4) is 0 Å². The number of nitrogens with zero attached hydrogens (tertiary/aromatic N) is 2. The molecule has 0 spiro atoms. The molecule has 0 saturated heterocycles. The first kappa shape index (κ1) is 18.5. The Kier molecular flexibility index (Phi) is 7.97. The standard InChI is InChI=1S/C11H20F3N3O3/c1-8(2)5-17(4-3-9(15)16-19)10(18)6-20-7-11(12,13)14/h8,19H,3-7H2,1-2H3,(H2,15,16). The van der Waals surface area contributed by atoms with Gasteiger partial charge in [-0.3, -0.25) is 4.79 Å². The van der Waals surface area contributed by atoms with Crippen LogP contribution < -0.4 is 5.73 Å². The fourth-order valence-electron chi connectivity index (χ4n) is 1.40. The molecule has 3 N–H and O–H groups in total. The first-order valence-electron chi connectivity index (χ1n) is 6.04. The lowest BCUT2D eigenvalue weighted by Crippen LogP contribution is -2.39. The Balaban J connectivity index is 4.34. The number of ether oxygens (including phenoxy) is 1. The summed E-state index contributed by atoms with van der Waals surface area (Å²) in [6.07, 6.45) is -4.33. The van der Waals surface area contributed by atoms with Crippen LogP contribution in [0.2, 0.25) is 0 Å². The van der Waals surface area contributed by atoms with E-state index in [0.29, 0.717) is 6.54 Å². The fraction of sp³-hybridized carbons (Fsp3) is 0.818. The molecule has 0 fully saturated rings. The molecule has 0 aliphatic carbocycles. The molecule has 0 aromatic carbocycles. The van der Waals surface area contributed by atoms with E-state index in [1.807, 2.05) is 13.8 Å². The molecule has 0 heterocycles. The van der Waals surface area contributed by atoms with Gasteiger partial charge in [0, 0.05) is 19.5 Å². The molecule has 9 heteroatoms. The van der Waals surface area contributed by atoms with Gasteiger partial charge in [-0.1, -0.05) is 19.0 Å². The molecule has 0 aromatic heterocycles. The van der Waals surface area contributed by atoms with E-state index >= 15 is 0 Å². The summed E-state index contributed by atoms with van der Waals surface area (Å²) in [5, 5.41) is 11.2. The molecule has 0 atom stereocenters. The Morgan fingerprint density at radius 1 is 1.45 bits per heavy atom. The van der Waals surface area contributed by atoms with E-state index in [0.717, 1.165) is 0 Å². The van der Waals surface area contributed by atoms with Gasteiger partial charge >= 0.3 is 6.18 Å². The summed E-state index contributed by atoms with van der Waals surface area (Å²) in [6.45, 7) is 2.12. The Morgan fingerprint density at radius 3 is 2.50 bits per heavy atom. The van der Waals surface area contributed by atoms with Crippen molar-refractivity contribution in [2.24, 2.45) is 16.8 Å². The number of hydrogen-bond acceptors (Lipinski definition) is 4. The summed E-state index contributed by atoms with van der Waals surface area (Å²) < 4.78 is 40.0. The third-order valence-electron chi connectivity index (χ3n) is 2.20. The Morgan fingerprint density at radius 2 is 2.05 bits per heavy atom. The predicted octanol–water partition coefficient (Wildman–Crippen LogP) is 1.19. The lowest BCUT2D eigenvalue weighted by molar-refractivity contribution is -0.177. The van der Waals surface area contributed by atoms with Gasteiger partial charge in [0.2, 0.25) is 5.91 Å². The normalized spacial score (nSPS) is 12.8. The number of alkyl halides is 3. The molecule has 0 aromatic rings. The summed E-state index contributed by atoms with van der Waals surface area (Å²) in [4.78, 5) is 13.1. The van der Waals surface area contributed by atoms with Crippen molar-refractivity contribution in [3.05, 3.63) is 0 Å². The van der Waals surface area contributed by atoms with Gasteiger partial charge in [-0.05, 0) is 5.92 Å². The van der Waals surface area contributed by atoms with E-state index in [4.69, 9.17) is 10.9 Å². The minimum absolute atomic E-state index is 0.0530. The maximum Gasteiger partial charge on any atom is 0.411 e. The second-order valence-electron chi connectivity index (χ2n) is 4.68. The minimum atomic E-state index is -4.46. The molecule has 1 amide bonds. The lowest BCUT2D eigenvalue weighted by atomic mass is 10.2. The number of hydrogen-bond donors (Lipinski definition) is 2. The molecule has 0 radical (unpaired) electrons. The topological polar surface area (TPSA) is 88.1 Å². The van der Waals surface area contributed by atoms with Crippen molar-refractivity contribution >= 4 is 11.7 Å². The van der Waals surface area contributed by atoms with E-state index in [9.17, 15) is 18.0 Å². The van der Waals surface area contributed by atoms with Crippen LogP contribution in [-0.2, 0) is 9.53 Å². The van der Waals surface area contributed by atoms with E-state index in [-0.39, 0.29) is 24.7 Å². The monoisotopic (exact) mass is 299 g/mol. The van der Waals surface area contributed by atoms with Gasteiger partial charge in [0.05, 0.1) is 0 Å². The first-order chi connectivity index (χ1) is 9.15. The molecule has 0 rings (SSSR count). The van der Waals surface area contributed by atoms with Crippen molar-refractivity contribution in [1.29, 1.82) is 0 Å². The van der Waals surface area contributed by atoms with Crippen molar-refractivity contribution < 1.29 is 27.9 Å². The summed E-state index contributed by atoms with van der Waals surface area (Å²) in [7, 11) is 0. The highest BCUT2D eigenvalue weighted by molar-refractivity contribution is 5.81. The van der Waals surface area contributed by atoms with Crippen LogP contribution in [-0.4, -0.2) is 54.3 Å². The zero-order chi connectivity index (χ0) is 15.8. The third-order valence-corrected chi connectivity index (χ3v) is 2.20. The zero-order valence-electron chi connectivity index (χ0n) is 11.5. The van der Waals surface area contributed by atoms with Crippen molar-refractivity contribution in [3.63, 3.8) is 0 Å².